The molecule has 3 aromatic rings. The van der Waals surface area contributed by atoms with E-state index in [4.69, 9.17) is 4.74 Å². The van der Waals surface area contributed by atoms with E-state index in [9.17, 15) is 4.79 Å². The first-order valence-electron chi connectivity index (χ1n) is 9.63. The Hall–Kier alpha value is -3.38. The second kappa shape index (κ2) is 9.89. The van der Waals surface area contributed by atoms with Gasteiger partial charge in [0.2, 0.25) is 5.91 Å². The third-order valence-corrected chi connectivity index (χ3v) is 5.45. The molecule has 150 valence electrons. The van der Waals surface area contributed by atoms with Gasteiger partial charge in [-0.25, -0.2) is 10.4 Å². The summed E-state index contributed by atoms with van der Waals surface area (Å²) in [5.74, 6) is 0.920. The van der Waals surface area contributed by atoms with Crippen molar-refractivity contribution in [1.29, 1.82) is 0 Å². The zero-order valence-corrected chi connectivity index (χ0v) is 17.1. The van der Waals surface area contributed by atoms with E-state index in [1.165, 1.54) is 17.3 Å². The van der Waals surface area contributed by atoms with E-state index in [1.807, 2.05) is 72.8 Å². The first kappa shape index (κ1) is 19.9. The molecule has 0 aliphatic carbocycles. The molecule has 3 aromatic carbocycles. The van der Waals surface area contributed by atoms with Crippen LogP contribution in [-0.4, -0.2) is 22.9 Å². The minimum absolute atomic E-state index is 0.155. The fourth-order valence-electron chi connectivity index (χ4n) is 2.94. The van der Waals surface area contributed by atoms with Crippen molar-refractivity contribution < 1.29 is 9.53 Å². The predicted octanol–water partition coefficient (Wildman–Crippen LogP) is 4.74. The Morgan fingerprint density at radius 2 is 1.80 bits per heavy atom. The molecule has 1 heterocycles. The van der Waals surface area contributed by atoms with Crippen molar-refractivity contribution in [2.75, 3.05) is 5.75 Å². The number of hydrogen-bond acceptors (Lipinski definition) is 5. The van der Waals surface area contributed by atoms with Gasteiger partial charge >= 0.3 is 0 Å². The summed E-state index contributed by atoms with van der Waals surface area (Å²) < 4.78 is 5.77. The summed E-state index contributed by atoms with van der Waals surface area (Å²) in [7, 11) is 0. The number of hydrogen-bond donors (Lipinski definition) is 1. The van der Waals surface area contributed by atoms with Crippen LogP contribution >= 0.6 is 11.8 Å². The van der Waals surface area contributed by atoms with Crippen molar-refractivity contribution in [2.24, 2.45) is 10.1 Å². The molecule has 30 heavy (non-hydrogen) atoms. The topological polar surface area (TPSA) is 63.0 Å². The normalized spacial score (nSPS) is 12.5. The molecule has 1 aliphatic rings. The number of aliphatic imine (C=N–C) groups is 1. The van der Waals surface area contributed by atoms with Crippen LogP contribution in [0.3, 0.4) is 0 Å². The Morgan fingerprint density at radius 3 is 2.60 bits per heavy atom. The highest BCUT2D eigenvalue weighted by Gasteiger charge is 2.15. The van der Waals surface area contributed by atoms with Gasteiger partial charge in [0.1, 0.15) is 12.4 Å². The van der Waals surface area contributed by atoms with E-state index < -0.39 is 0 Å². The van der Waals surface area contributed by atoms with Crippen LogP contribution in [0.15, 0.2) is 89.0 Å². The van der Waals surface area contributed by atoms with Gasteiger partial charge in [0.05, 0.1) is 22.7 Å². The van der Waals surface area contributed by atoms with Crippen molar-refractivity contribution in [2.45, 2.75) is 13.0 Å². The van der Waals surface area contributed by atoms with Crippen LogP contribution in [0, 0.1) is 0 Å². The summed E-state index contributed by atoms with van der Waals surface area (Å²) in [4.78, 5) is 16.6. The highest BCUT2D eigenvalue weighted by Crippen LogP contribution is 2.29. The smallest absolute Gasteiger partial charge is 0.250 e. The summed E-state index contributed by atoms with van der Waals surface area (Å²) >= 11 is 1.45. The second-order valence-electron chi connectivity index (χ2n) is 6.74. The van der Waals surface area contributed by atoms with E-state index in [-0.39, 0.29) is 11.7 Å². The average molecular weight is 416 g/mol. The Balaban J connectivity index is 1.19. The van der Waals surface area contributed by atoms with Crippen molar-refractivity contribution in [3.05, 3.63) is 95.6 Å². The molecule has 0 aromatic heterocycles. The maximum Gasteiger partial charge on any atom is 0.250 e. The van der Waals surface area contributed by atoms with Crippen LogP contribution in [0.4, 0.5) is 5.69 Å². The van der Waals surface area contributed by atoms with Crippen molar-refractivity contribution in [3.8, 4) is 5.75 Å². The SMILES string of the molecule is O=C(CSC1=Nc2ccccc2C1)N/N=C/c1ccc(OCc2ccccc2)cc1. The first-order valence-corrected chi connectivity index (χ1v) is 10.6. The summed E-state index contributed by atoms with van der Waals surface area (Å²) in [5, 5.41) is 4.99. The summed E-state index contributed by atoms with van der Waals surface area (Å²) in [6.07, 6.45) is 2.41. The number of ether oxygens (including phenoxy) is 1. The minimum atomic E-state index is -0.155. The van der Waals surface area contributed by atoms with Crippen LogP contribution in [0.5, 0.6) is 5.75 Å². The van der Waals surface area contributed by atoms with E-state index >= 15 is 0 Å². The number of para-hydroxylation sites is 1. The largest absolute Gasteiger partial charge is 0.489 e. The van der Waals surface area contributed by atoms with Gasteiger partial charge in [-0.15, -0.1) is 11.8 Å². The fourth-order valence-corrected chi connectivity index (χ4v) is 3.72. The number of fused-ring (bicyclic) bond motifs is 1. The first-order chi connectivity index (χ1) is 14.8. The van der Waals surface area contributed by atoms with Gasteiger partial charge in [-0.2, -0.15) is 5.10 Å². The molecule has 4 rings (SSSR count). The number of hydrazone groups is 1. The third kappa shape index (κ3) is 5.58. The lowest BCUT2D eigenvalue weighted by atomic mass is 10.2. The fraction of sp³-hybridized carbons (Fsp3) is 0.125. The zero-order chi connectivity index (χ0) is 20.6. The monoisotopic (exact) mass is 415 g/mol. The molecular weight excluding hydrogens is 394 g/mol. The highest BCUT2D eigenvalue weighted by atomic mass is 32.2. The minimum Gasteiger partial charge on any atom is -0.489 e. The average Bonchev–Trinajstić information content (AvgIpc) is 3.21. The molecule has 1 N–H and O–H groups in total. The number of nitrogens with zero attached hydrogens (tertiary/aromatic N) is 2. The van der Waals surface area contributed by atoms with Gasteiger partial charge in [0, 0.05) is 6.42 Å². The molecule has 0 radical (unpaired) electrons. The molecule has 0 unspecified atom stereocenters. The zero-order valence-electron chi connectivity index (χ0n) is 16.3. The maximum atomic E-state index is 12.0. The predicted molar refractivity (Wildman–Crippen MR) is 123 cm³/mol. The number of carbonyl (C=O) groups is 1. The van der Waals surface area contributed by atoms with E-state index in [0.29, 0.717) is 6.61 Å². The van der Waals surface area contributed by atoms with Gasteiger partial charge in [0.25, 0.3) is 0 Å². The number of benzene rings is 3. The van der Waals surface area contributed by atoms with Crippen molar-refractivity contribution in [1.82, 2.24) is 5.43 Å². The van der Waals surface area contributed by atoms with Crippen molar-refractivity contribution >= 4 is 34.6 Å². The van der Waals surface area contributed by atoms with Gasteiger partial charge in [-0.05, 0) is 47.0 Å². The Morgan fingerprint density at radius 1 is 1.03 bits per heavy atom. The molecular formula is C24H21N3O2S. The van der Waals surface area contributed by atoms with Gasteiger partial charge < -0.3 is 4.74 Å². The quantitative estimate of drug-likeness (QED) is 0.448. The summed E-state index contributed by atoms with van der Waals surface area (Å²) in [5.41, 5.74) is 6.76. The third-order valence-electron chi connectivity index (χ3n) is 4.48. The van der Waals surface area contributed by atoms with E-state index in [0.717, 1.165) is 34.0 Å². The standard InChI is InChI=1S/C24H21N3O2S/c28-23(17-30-24-14-20-8-4-5-9-22(20)26-24)27-25-15-18-10-12-21(13-11-18)29-16-19-6-2-1-3-7-19/h1-13,15H,14,16-17H2,(H,27,28)/b25-15+. The lowest BCUT2D eigenvalue weighted by Gasteiger charge is -2.06. The highest BCUT2D eigenvalue weighted by molar-refractivity contribution is 8.14. The van der Waals surface area contributed by atoms with E-state index in [1.54, 1.807) is 6.21 Å². The van der Waals surface area contributed by atoms with Crippen LogP contribution in [-0.2, 0) is 17.8 Å². The number of thioether (sulfide) groups is 1. The molecule has 0 bridgehead atoms. The van der Waals surface area contributed by atoms with Crippen molar-refractivity contribution in [3.63, 3.8) is 0 Å². The molecule has 1 aliphatic heterocycles. The van der Waals surface area contributed by atoms with Crippen LogP contribution < -0.4 is 10.2 Å². The molecule has 1 amide bonds. The summed E-state index contributed by atoms with van der Waals surface area (Å²) in [6.45, 7) is 0.526. The molecule has 0 saturated carbocycles. The molecule has 0 fully saturated rings. The van der Waals surface area contributed by atoms with E-state index in [2.05, 4.69) is 21.6 Å². The maximum absolute atomic E-state index is 12.0. The Labute approximate surface area is 179 Å². The number of rotatable bonds is 7. The molecule has 0 atom stereocenters. The molecule has 0 spiro atoms. The Bertz CT molecular complexity index is 1060. The number of amides is 1. The van der Waals surface area contributed by atoms with Gasteiger partial charge in [-0.1, -0.05) is 48.5 Å². The van der Waals surface area contributed by atoms with Crippen LogP contribution in [0.2, 0.25) is 0 Å². The molecule has 6 heteroatoms. The lowest BCUT2D eigenvalue weighted by molar-refractivity contribution is -0.118. The number of carbonyl (C=O) groups excluding carboxylic acids is 1. The molecule has 5 nitrogen and oxygen atoms in total. The Kier molecular flexibility index (Phi) is 6.57. The summed E-state index contributed by atoms with van der Waals surface area (Å²) in [6, 6.07) is 25.6. The lowest BCUT2D eigenvalue weighted by Crippen LogP contribution is -2.20. The van der Waals surface area contributed by atoms with Gasteiger partial charge in [0.15, 0.2) is 0 Å². The van der Waals surface area contributed by atoms with Gasteiger partial charge in [-0.3, -0.25) is 4.79 Å². The second-order valence-corrected chi connectivity index (χ2v) is 7.78. The molecule has 0 saturated heterocycles. The number of nitrogens with one attached hydrogen (secondary N) is 1. The van der Waals surface area contributed by atoms with Crippen LogP contribution in [0.25, 0.3) is 0 Å². The van der Waals surface area contributed by atoms with Crippen LogP contribution in [0.1, 0.15) is 16.7 Å².